The van der Waals surface area contributed by atoms with Gasteiger partial charge < -0.3 is 10.6 Å². The molecule has 94 valence electrons. The number of nitrogens with zero attached hydrogens (tertiary/aromatic N) is 1. The molecule has 1 aromatic rings. The minimum Gasteiger partial charge on any atom is -0.398 e. The van der Waals surface area contributed by atoms with Crippen molar-refractivity contribution in [2.75, 3.05) is 12.3 Å². The zero-order chi connectivity index (χ0) is 13.0. The monoisotopic (exact) mass is 254 g/mol. The van der Waals surface area contributed by atoms with Crippen LogP contribution in [0.5, 0.6) is 0 Å². The van der Waals surface area contributed by atoms with Gasteiger partial charge in [-0.3, -0.25) is 4.79 Å². The van der Waals surface area contributed by atoms with Crippen molar-refractivity contribution in [2.24, 2.45) is 0 Å². The first-order valence-electron chi connectivity index (χ1n) is 5.84. The Morgan fingerprint density at radius 2 is 2.12 bits per heavy atom. The summed E-state index contributed by atoms with van der Waals surface area (Å²) in [6.45, 7) is 6.72. The van der Waals surface area contributed by atoms with Crippen molar-refractivity contribution in [3.05, 3.63) is 28.8 Å². The molecule has 0 radical (unpaired) electrons. The Morgan fingerprint density at radius 1 is 1.47 bits per heavy atom. The minimum absolute atomic E-state index is 0.0926. The van der Waals surface area contributed by atoms with Crippen molar-refractivity contribution in [3.8, 4) is 0 Å². The van der Waals surface area contributed by atoms with E-state index in [-0.39, 0.29) is 11.9 Å². The van der Waals surface area contributed by atoms with Gasteiger partial charge in [0.15, 0.2) is 0 Å². The minimum atomic E-state index is -0.0926. The van der Waals surface area contributed by atoms with Crippen LogP contribution >= 0.6 is 11.6 Å². The molecule has 0 saturated carbocycles. The maximum Gasteiger partial charge on any atom is 0.257 e. The third-order valence-corrected chi connectivity index (χ3v) is 2.92. The lowest BCUT2D eigenvalue weighted by Gasteiger charge is -2.27. The molecule has 0 fully saturated rings. The standard InChI is InChI=1S/C13H19ClN2O/c1-4-8-16(9(2)3)13(17)12-10(14)6-5-7-11(12)15/h5-7,9H,4,8,15H2,1-3H3. The van der Waals surface area contributed by atoms with Crippen molar-refractivity contribution in [1.29, 1.82) is 0 Å². The lowest BCUT2D eigenvalue weighted by molar-refractivity contribution is 0.0707. The summed E-state index contributed by atoms with van der Waals surface area (Å²) in [5.41, 5.74) is 6.67. The van der Waals surface area contributed by atoms with Crippen LogP contribution in [0.4, 0.5) is 5.69 Å². The van der Waals surface area contributed by atoms with Gasteiger partial charge >= 0.3 is 0 Å². The molecule has 3 nitrogen and oxygen atoms in total. The fraction of sp³-hybridized carbons (Fsp3) is 0.462. The zero-order valence-corrected chi connectivity index (χ0v) is 11.3. The van der Waals surface area contributed by atoms with E-state index < -0.39 is 0 Å². The van der Waals surface area contributed by atoms with Gasteiger partial charge in [0, 0.05) is 18.3 Å². The summed E-state index contributed by atoms with van der Waals surface area (Å²) < 4.78 is 0. The maximum atomic E-state index is 12.4. The van der Waals surface area contributed by atoms with Crippen molar-refractivity contribution >= 4 is 23.2 Å². The number of nitrogen functional groups attached to an aromatic ring is 1. The quantitative estimate of drug-likeness (QED) is 0.839. The first kappa shape index (κ1) is 13.8. The normalized spacial score (nSPS) is 10.6. The average Bonchev–Trinajstić information content (AvgIpc) is 2.24. The fourth-order valence-electron chi connectivity index (χ4n) is 1.75. The van der Waals surface area contributed by atoms with Crippen LogP contribution < -0.4 is 5.73 Å². The Balaban J connectivity index is 3.09. The molecule has 1 rings (SSSR count). The molecule has 0 heterocycles. The lowest BCUT2D eigenvalue weighted by Crippen LogP contribution is -2.38. The average molecular weight is 255 g/mol. The van der Waals surface area contributed by atoms with Gasteiger partial charge in [-0.05, 0) is 32.4 Å². The summed E-state index contributed by atoms with van der Waals surface area (Å²) in [5, 5.41) is 0.414. The number of amides is 1. The third-order valence-electron chi connectivity index (χ3n) is 2.61. The number of halogens is 1. The number of carbonyl (C=O) groups excluding carboxylic acids is 1. The van der Waals surface area contributed by atoms with Gasteiger partial charge in [-0.1, -0.05) is 24.6 Å². The topological polar surface area (TPSA) is 46.3 Å². The largest absolute Gasteiger partial charge is 0.398 e. The van der Waals surface area contributed by atoms with Crippen molar-refractivity contribution in [1.82, 2.24) is 4.90 Å². The highest BCUT2D eigenvalue weighted by Gasteiger charge is 2.22. The molecule has 2 N–H and O–H groups in total. The van der Waals surface area contributed by atoms with Gasteiger partial charge in [-0.15, -0.1) is 0 Å². The van der Waals surface area contributed by atoms with Crippen LogP contribution in [0.3, 0.4) is 0 Å². The SMILES string of the molecule is CCCN(C(=O)c1c(N)cccc1Cl)C(C)C. The molecule has 0 aromatic heterocycles. The Kier molecular flexibility index (Phi) is 4.82. The van der Waals surface area contributed by atoms with Crippen molar-refractivity contribution in [3.63, 3.8) is 0 Å². The van der Waals surface area contributed by atoms with Gasteiger partial charge in [0.25, 0.3) is 5.91 Å². The predicted octanol–water partition coefficient (Wildman–Crippen LogP) is 3.18. The highest BCUT2D eigenvalue weighted by atomic mass is 35.5. The van der Waals surface area contributed by atoms with E-state index >= 15 is 0 Å². The highest BCUT2D eigenvalue weighted by Crippen LogP contribution is 2.24. The van der Waals surface area contributed by atoms with E-state index in [9.17, 15) is 4.79 Å². The fourth-order valence-corrected chi connectivity index (χ4v) is 2.01. The molecule has 0 bridgehead atoms. The molecule has 0 aliphatic heterocycles. The molecule has 0 aliphatic rings. The molecular formula is C13H19ClN2O. The van der Waals surface area contributed by atoms with E-state index in [2.05, 4.69) is 0 Å². The first-order valence-corrected chi connectivity index (χ1v) is 6.21. The molecular weight excluding hydrogens is 236 g/mol. The Labute approximate surface area is 108 Å². The zero-order valence-electron chi connectivity index (χ0n) is 10.5. The molecule has 0 aliphatic carbocycles. The summed E-state index contributed by atoms with van der Waals surface area (Å²) in [5.74, 6) is -0.0926. The van der Waals surface area contributed by atoms with Gasteiger partial charge in [-0.2, -0.15) is 0 Å². The Hall–Kier alpha value is -1.22. The molecule has 1 aromatic carbocycles. The summed E-state index contributed by atoms with van der Waals surface area (Å²) >= 11 is 6.05. The molecule has 1 amide bonds. The lowest BCUT2D eigenvalue weighted by atomic mass is 10.1. The summed E-state index contributed by atoms with van der Waals surface area (Å²) in [6, 6.07) is 5.27. The van der Waals surface area contributed by atoms with Crippen molar-refractivity contribution < 1.29 is 4.79 Å². The number of carbonyl (C=O) groups is 1. The van der Waals surface area contributed by atoms with Crippen LogP contribution in [0.15, 0.2) is 18.2 Å². The predicted molar refractivity (Wildman–Crippen MR) is 72.3 cm³/mol. The molecule has 17 heavy (non-hydrogen) atoms. The van der Waals surface area contributed by atoms with E-state index in [1.807, 2.05) is 20.8 Å². The van der Waals surface area contributed by atoms with Gasteiger partial charge in [-0.25, -0.2) is 0 Å². The Morgan fingerprint density at radius 3 is 2.59 bits per heavy atom. The van der Waals surface area contributed by atoms with Gasteiger partial charge in [0.05, 0.1) is 10.6 Å². The van der Waals surface area contributed by atoms with Gasteiger partial charge in [0.2, 0.25) is 0 Å². The maximum absolute atomic E-state index is 12.4. The summed E-state index contributed by atoms with van der Waals surface area (Å²) in [7, 11) is 0. The molecule has 0 spiro atoms. The molecule has 0 saturated heterocycles. The molecule has 4 heteroatoms. The van der Waals surface area contributed by atoms with Gasteiger partial charge in [0.1, 0.15) is 0 Å². The number of hydrogen-bond acceptors (Lipinski definition) is 2. The second-order valence-electron chi connectivity index (χ2n) is 4.30. The number of benzene rings is 1. The van der Waals surface area contributed by atoms with E-state index in [1.165, 1.54) is 0 Å². The summed E-state index contributed by atoms with van der Waals surface area (Å²) in [4.78, 5) is 14.2. The van der Waals surface area contributed by atoms with E-state index in [0.29, 0.717) is 22.8 Å². The van der Waals surface area contributed by atoms with Crippen LogP contribution in [-0.2, 0) is 0 Å². The van der Waals surface area contributed by atoms with Crippen LogP contribution in [0.1, 0.15) is 37.6 Å². The third kappa shape index (κ3) is 3.13. The van der Waals surface area contributed by atoms with E-state index in [1.54, 1.807) is 23.1 Å². The van der Waals surface area contributed by atoms with E-state index in [0.717, 1.165) is 6.42 Å². The second kappa shape index (κ2) is 5.92. The number of hydrogen-bond donors (Lipinski definition) is 1. The summed E-state index contributed by atoms with van der Waals surface area (Å²) in [6.07, 6.45) is 0.911. The van der Waals surface area contributed by atoms with E-state index in [4.69, 9.17) is 17.3 Å². The number of nitrogens with two attached hydrogens (primary N) is 1. The number of anilines is 1. The van der Waals surface area contributed by atoms with Crippen LogP contribution in [-0.4, -0.2) is 23.4 Å². The smallest absolute Gasteiger partial charge is 0.257 e. The Bertz CT molecular complexity index is 384. The molecule has 0 unspecified atom stereocenters. The second-order valence-corrected chi connectivity index (χ2v) is 4.70. The van der Waals surface area contributed by atoms with Crippen LogP contribution in [0.2, 0.25) is 5.02 Å². The van der Waals surface area contributed by atoms with Crippen molar-refractivity contribution in [2.45, 2.75) is 33.2 Å². The van der Waals surface area contributed by atoms with Crippen LogP contribution in [0, 0.1) is 0 Å². The first-order chi connectivity index (χ1) is 7.99. The number of rotatable bonds is 4. The van der Waals surface area contributed by atoms with Crippen LogP contribution in [0.25, 0.3) is 0 Å². The highest BCUT2D eigenvalue weighted by molar-refractivity contribution is 6.34. The molecule has 0 atom stereocenters.